The van der Waals surface area contributed by atoms with Crippen LogP contribution < -0.4 is 4.74 Å². The normalized spacial score (nSPS) is 10.8. The molecule has 152 valence electrons. The van der Waals surface area contributed by atoms with Gasteiger partial charge in [-0.25, -0.2) is 0 Å². The number of thioether (sulfide) groups is 1. The van der Waals surface area contributed by atoms with Crippen LogP contribution >= 0.6 is 11.8 Å². The lowest BCUT2D eigenvalue weighted by Gasteiger charge is -2.17. The molecule has 0 unspecified atom stereocenters. The molecule has 3 rings (SSSR count). The van der Waals surface area contributed by atoms with Gasteiger partial charge in [0.05, 0.1) is 12.9 Å². The maximum Gasteiger partial charge on any atom is 0.233 e. The van der Waals surface area contributed by atoms with Crippen molar-refractivity contribution in [3.63, 3.8) is 0 Å². The zero-order valence-electron chi connectivity index (χ0n) is 17.3. The van der Waals surface area contributed by atoms with Gasteiger partial charge < -0.3 is 14.2 Å². The summed E-state index contributed by atoms with van der Waals surface area (Å²) in [5, 5.41) is 9.23. The largest absolute Gasteiger partial charge is 0.497 e. The monoisotopic (exact) mass is 410 g/mol. The number of methoxy groups -OCH3 is 1. The van der Waals surface area contributed by atoms with Crippen LogP contribution in [-0.2, 0) is 24.8 Å². The number of benzene rings is 2. The number of amides is 1. The first-order chi connectivity index (χ1) is 14.0. The molecule has 3 aromatic rings. The molecule has 1 aromatic heterocycles. The molecule has 0 aliphatic rings. The molecule has 1 amide bonds. The van der Waals surface area contributed by atoms with Gasteiger partial charge in [-0.2, -0.15) is 0 Å². The highest BCUT2D eigenvalue weighted by Gasteiger charge is 2.15. The van der Waals surface area contributed by atoms with Crippen molar-refractivity contribution in [2.75, 3.05) is 19.9 Å². The highest BCUT2D eigenvalue weighted by molar-refractivity contribution is 7.99. The van der Waals surface area contributed by atoms with E-state index in [1.54, 1.807) is 12.0 Å². The molecule has 0 saturated heterocycles. The molecule has 0 aliphatic carbocycles. The molecule has 0 atom stereocenters. The third-order valence-corrected chi connectivity index (χ3v) is 5.79. The van der Waals surface area contributed by atoms with Gasteiger partial charge in [0.2, 0.25) is 5.91 Å². The lowest BCUT2D eigenvalue weighted by atomic mass is 10.1. The fraction of sp³-hybridized carbons (Fsp3) is 0.318. The van der Waals surface area contributed by atoms with E-state index in [9.17, 15) is 4.79 Å². The third-order valence-electron chi connectivity index (χ3n) is 4.78. The Morgan fingerprint density at radius 1 is 1.07 bits per heavy atom. The Kier molecular flexibility index (Phi) is 6.93. The van der Waals surface area contributed by atoms with E-state index < -0.39 is 0 Å². The molecule has 1 heterocycles. The molecule has 0 bridgehead atoms. The predicted octanol–water partition coefficient (Wildman–Crippen LogP) is 3.80. The molecule has 29 heavy (non-hydrogen) atoms. The van der Waals surface area contributed by atoms with Crippen LogP contribution in [0.5, 0.6) is 5.75 Å². The number of rotatable bonds is 8. The molecule has 0 aliphatic heterocycles. The zero-order chi connectivity index (χ0) is 20.8. The Balaban J connectivity index is 1.58. The Morgan fingerprint density at radius 3 is 2.34 bits per heavy atom. The molecule has 7 heteroatoms. The van der Waals surface area contributed by atoms with Crippen molar-refractivity contribution in [2.24, 2.45) is 7.05 Å². The van der Waals surface area contributed by atoms with Gasteiger partial charge in [-0.1, -0.05) is 43.0 Å². The standard InChI is InChI=1S/C22H26N4O2S/c1-5-16-6-8-17(9-7-16)14-25(2)20(27)15-29-22-24-23-21(26(22)3)18-10-12-19(28-4)13-11-18/h6-13H,5,14-15H2,1-4H3. The van der Waals surface area contributed by atoms with Crippen LogP contribution in [0.1, 0.15) is 18.1 Å². The van der Waals surface area contributed by atoms with Gasteiger partial charge in [-0.15, -0.1) is 10.2 Å². The van der Waals surface area contributed by atoms with E-state index in [4.69, 9.17) is 4.74 Å². The van der Waals surface area contributed by atoms with E-state index in [1.165, 1.54) is 17.3 Å². The Morgan fingerprint density at radius 2 is 1.72 bits per heavy atom. The molecule has 0 saturated carbocycles. The number of carbonyl (C=O) groups is 1. The average Bonchev–Trinajstić information content (AvgIpc) is 3.12. The minimum absolute atomic E-state index is 0.0589. The van der Waals surface area contributed by atoms with E-state index in [1.807, 2.05) is 42.9 Å². The summed E-state index contributed by atoms with van der Waals surface area (Å²) in [5.41, 5.74) is 3.38. The molecule has 0 N–H and O–H groups in total. The summed E-state index contributed by atoms with van der Waals surface area (Å²) in [6.45, 7) is 2.73. The first-order valence-corrected chi connectivity index (χ1v) is 10.5. The Labute approximate surface area is 175 Å². The van der Waals surface area contributed by atoms with Crippen molar-refractivity contribution in [2.45, 2.75) is 25.0 Å². The first kappa shape index (κ1) is 20.9. The molecule has 0 spiro atoms. The van der Waals surface area contributed by atoms with Gasteiger partial charge in [0.15, 0.2) is 11.0 Å². The molecular weight excluding hydrogens is 384 g/mol. The number of nitrogens with zero attached hydrogens (tertiary/aromatic N) is 4. The summed E-state index contributed by atoms with van der Waals surface area (Å²) in [6, 6.07) is 16.1. The predicted molar refractivity (Wildman–Crippen MR) is 116 cm³/mol. The van der Waals surface area contributed by atoms with Gasteiger partial charge >= 0.3 is 0 Å². The number of carbonyl (C=O) groups excluding carboxylic acids is 1. The van der Waals surface area contributed by atoms with Crippen LogP contribution in [0.15, 0.2) is 53.7 Å². The van der Waals surface area contributed by atoms with Crippen molar-refractivity contribution in [3.05, 3.63) is 59.7 Å². The van der Waals surface area contributed by atoms with Crippen LogP contribution in [0, 0.1) is 0 Å². The number of hydrogen-bond acceptors (Lipinski definition) is 5. The Hall–Kier alpha value is -2.80. The second-order valence-electron chi connectivity index (χ2n) is 6.80. The summed E-state index contributed by atoms with van der Waals surface area (Å²) >= 11 is 1.40. The summed E-state index contributed by atoms with van der Waals surface area (Å²) in [4.78, 5) is 14.3. The van der Waals surface area contributed by atoms with Crippen LogP contribution in [-0.4, -0.2) is 45.5 Å². The maximum absolute atomic E-state index is 12.5. The fourth-order valence-electron chi connectivity index (χ4n) is 2.91. The van der Waals surface area contributed by atoms with Crippen molar-refractivity contribution >= 4 is 17.7 Å². The number of ether oxygens (including phenoxy) is 1. The van der Waals surface area contributed by atoms with Crippen LogP contribution in [0.25, 0.3) is 11.4 Å². The van der Waals surface area contributed by atoms with Gasteiger partial charge in [0.25, 0.3) is 0 Å². The van der Waals surface area contributed by atoms with Crippen molar-refractivity contribution in [3.8, 4) is 17.1 Å². The van der Waals surface area contributed by atoms with E-state index in [0.29, 0.717) is 17.5 Å². The second kappa shape index (κ2) is 9.60. The molecule has 0 fully saturated rings. The van der Waals surface area contributed by atoms with Gasteiger partial charge in [-0.05, 0) is 41.8 Å². The smallest absolute Gasteiger partial charge is 0.233 e. The van der Waals surface area contributed by atoms with Crippen molar-refractivity contribution in [1.82, 2.24) is 19.7 Å². The molecule has 6 nitrogen and oxygen atoms in total. The zero-order valence-corrected chi connectivity index (χ0v) is 18.1. The highest BCUT2D eigenvalue weighted by atomic mass is 32.2. The van der Waals surface area contributed by atoms with Crippen LogP contribution in [0.2, 0.25) is 0 Å². The fourth-order valence-corrected chi connectivity index (χ4v) is 3.76. The summed E-state index contributed by atoms with van der Waals surface area (Å²) in [7, 11) is 5.38. The quantitative estimate of drug-likeness (QED) is 0.529. The topological polar surface area (TPSA) is 60.3 Å². The SMILES string of the molecule is CCc1ccc(CN(C)C(=O)CSc2nnc(-c3ccc(OC)cc3)n2C)cc1. The van der Waals surface area contributed by atoms with Crippen LogP contribution in [0.4, 0.5) is 0 Å². The van der Waals surface area contributed by atoms with E-state index in [2.05, 4.69) is 41.4 Å². The van der Waals surface area contributed by atoms with Crippen LogP contribution in [0.3, 0.4) is 0 Å². The first-order valence-electron chi connectivity index (χ1n) is 9.50. The van der Waals surface area contributed by atoms with Crippen molar-refractivity contribution < 1.29 is 9.53 Å². The lowest BCUT2D eigenvalue weighted by Crippen LogP contribution is -2.27. The van der Waals surface area contributed by atoms with Gasteiger partial charge in [0, 0.05) is 26.2 Å². The molecular formula is C22H26N4O2S. The van der Waals surface area contributed by atoms with E-state index in [0.717, 1.165) is 29.1 Å². The van der Waals surface area contributed by atoms with Crippen molar-refractivity contribution in [1.29, 1.82) is 0 Å². The minimum Gasteiger partial charge on any atom is -0.497 e. The number of aryl methyl sites for hydroxylation is 1. The summed E-state index contributed by atoms with van der Waals surface area (Å²) < 4.78 is 7.10. The van der Waals surface area contributed by atoms with Gasteiger partial charge in [-0.3, -0.25) is 4.79 Å². The van der Waals surface area contributed by atoms with Gasteiger partial charge in [0.1, 0.15) is 5.75 Å². The third kappa shape index (κ3) is 5.17. The average molecular weight is 411 g/mol. The number of aromatic nitrogens is 3. The lowest BCUT2D eigenvalue weighted by molar-refractivity contribution is -0.127. The number of hydrogen-bond donors (Lipinski definition) is 0. The summed E-state index contributed by atoms with van der Waals surface area (Å²) in [6.07, 6.45) is 1.02. The Bertz CT molecular complexity index is 952. The van der Waals surface area contributed by atoms with E-state index >= 15 is 0 Å². The molecule has 2 aromatic carbocycles. The summed E-state index contributed by atoms with van der Waals surface area (Å²) in [5.74, 6) is 1.93. The minimum atomic E-state index is 0.0589. The van der Waals surface area contributed by atoms with E-state index in [-0.39, 0.29) is 5.91 Å². The highest BCUT2D eigenvalue weighted by Crippen LogP contribution is 2.24. The second-order valence-corrected chi connectivity index (χ2v) is 7.74. The molecule has 0 radical (unpaired) electrons. The maximum atomic E-state index is 12.5.